The normalized spacial score (nSPS) is 12.4. The highest BCUT2D eigenvalue weighted by Crippen LogP contribution is 2.48. The molecular weight excluding hydrogens is 355 g/mol. The second-order valence-electron chi connectivity index (χ2n) is 5.66. The number of aromatic hydroxyl groups is 1. The zero-order chi connectivity index (χ0) is 17.4. The SMILES string of the molecule is Oc1c(-c2ccc3ccccc3c2OP(O)Cl)ccc2ccccc12. The van der Waals surface area contributed by atoms with E-state index in [9.17, 15) is 10.00 Å². The fourth-order valence-corrected chi connectivity index (χ4v) is 3.66. The van der Waals surface area contributed by atoms with Gasteiger partial charge in [-0.25, -0.2) is 0 Å². The standard InChI is InChI=1S/C20H14ClO3P/c21-25(23)24-20-16-8-4-2-6-14(16)10-12-18(20)17-11-9-13-5-1-3-7-15(13)19(17)22/h1-12,22-23H. The number of fused-ring (bicyclic) bond motifs is 2. The summed E-state index contributed by atoms with van der Waals surface area (Å²) >= 11 is 5.74. The number of phenols is 1. The zero-order valence-electron chi connectivity index (χ0n) is 13.1. The third-order valence-electron chi connectivity index (χ3n) is 4.24. The first kappa shape index (κ1) is 16.2. The van der Waals surface area contributed by atoms with Gasteiger partial charge in [-0.1, -0.05) is 60.7 Å². The second-order valence-corrected chi connectivity index (χ2v) is 7.17. The molecule has 4 aromatic rings. The number of hydrogen-bond acceptors (Lipinski definition) is 3. The average Bonchev–Trinajstić information content (AvgIpc) is 2.63. The Morgan fingerprint density at radius 1 is 0.720 bits per heavy atom. The van der Waals surface area contributed by atoms with Gasteiger partial charge in [-0.2, -0.15) is 0 Å². The van der Waals surface area contributed by atoms with Gasteiger partial charge in [0.25, 0.3) is 0 Å². The van der Waals surface area contributed by atoms with Gasteiger partial charge in [0.2, 0.25) is 0 Å². The van der Waals surface area contributed by atoms with Crippen LogP contribution in [0.15, 0.2) is 72.8 Å². The lowest BCUT2D eigenvalue weighted by Crippen LogP contribution is -1.90. The molecule has 0 aliphatic carbocycles. The Hall–Kier alpha value is -2.32. The van der Waals surface area contributed by atoms with E-state index < -0.39 is 7.73 Å². The summed E-state index contributed by atoms with van der Waals surface area (Å²) in [6.07, 6.45) is 0. The maximum atomic E-state index is 10.8. The van der Waals surface area contributed by atoms with Crippen LogP contribution in [-0.2, 0) is 0 Å². The summed E-state index contributed by atoms with van der Waals surface area (Å²) in [5, 5.41) is 14.3. The first-order chi connectivity index (χ1) is 12.1. The Kier molecular flexibility index (Phi) is 4.22. The number of benzene rings is 4. The molecule has 0 amide bonds. The average molecular weight is 369 g/mol. The second kappa shape index (κ2) is 6.53. The fraction of sp³-hybridized carbons (Fsp3) is 0. The molecule has 0 saturated carbocycles. The molecule has 0 saturated heterocycles. The van der Waals surface area contributed by atoms with Crippen molar-refractivity contribution >= 4 is 40.5 Å². The van der Waals surface area contributed by atoms with E-state index in [2.05, 4.69) is 0 Å². The Labute approximate surface area is 150 Å². The van der Waals surface area contributed by atoms with Gasteiger partial charge in [-0.05, 0) is 34.1 Å². The van der Waals surface area contributed by atoms with Crippen molar-refractivity contribution in [3.05, 3.63) is 72.8 Å². The Bertz CT molecular complexity index is 1080. The summed E-state index contributed by atoms with van der Waals surface area (Å²) in [7, 11) is -2.11. The molecule has 0 aliphatic heterocycles. The van der Waals surface area contributed by atoms with Gasteiger partial charge in [0.15, 0.2) is 0 Å². The van der Waals surface area contributed by atoms with Gasteiger partial charge in [0, 0.05) is 21.9 Å². The number of rotatable bonds is 3. The predicted molar refractivity (Wildman–Crippen MR) is 104 cm³/mol. The molecule has 4 rings (SSSR count). The third-order valence-corrected chi connectivity index (χ3v) is 4.78. The molecule has 3 nitrogen and oxygen atoms in total. The monoisotopic (exact) mass is 368 g/mol. The highest BCUT2D eigenvalue weighted by atomic mass is 35.7. The van der Waals surface area contributed by atoms with Crippen molar-refractivity contribution in [3.63, 3.8) is 0 Å². The number of hydrogen-bond donors (Lipinski definition) is 2. The summed E-state index contributed by atoms with van der Waals surface area (Å²) in [5.41, 5.74) is 1.32. The molecule has 1 atom stereocenters. The van der Waals surface area contributed by atoms with Crippen molar-refractivity contribution in [2.45, 2.75) is 0 Å². The molecule has 1 unspecified atom stereocenters. The molecule has 2 N–H and O–H groups in total. The smallest absolute Gasteiger partial charge is 0.335 e. The molecule has 0 aromatic heterocycles. The van der Waals surface area contributed by atoms with Crippen LogP contribution >= 0.6 is 19.0 Å². The molecule has 4 aromatic carbocycles. The Morgan fingerprint density at radius 2 is 1.28 bits per heavy atom. The highest BCUT2D eigenvalue weighted by molar-refractivity contribution is 7.75. The van der Waals surface area contributed by atoms with Gasteiger partial charge in [-0.3, -0.25) is 0 Å². The first-order valence-electron chi connectivity index (χ1n) is 7.71. The molecule has 0 bridgehead atoms. The lowest BCUT2D eigenvalue weighted by atomic mass is 9.96. The molecular formula is C20H14ClO3P. The van der Waals surface area contributed by atoms with Crippen LogP contribution in [0.5, 0.6) is 11.5 Å². The van der Waals surface area contributed by atoms with Crippen molar-refractivity contribution < 1.29 is 14.5 Å². The van der Waals surface area contributed by atoms with Crippen LogP contribution in [0.25, 0.3) is 32.7 Å². The van der Waals surface area contributed by atoms with Crippen LogP contribution in [-0.4, -0.2) is 10.00 Å². The van der Waals surface area contributed by atoms with Crippen LogP contribution in [0.1, 0.15) is 0 Å². The van der Waals surface area contributed by atoms with E-state index in [0.717, 1.165) is 21.5 Å². The van der Waals surface area contributed by atoms with Crippen LogP contribution in [0.2, 0.25) is 0 Å². The van der Waals surface area contributed by atoms with E-state index in [4.69, 9.17) is 15.8 Å². The summed E-state index contributed by atoms with van der Waals surface area (Å²) in [4.78, 5) is 9.62. The van der Waals surface area contributed by atoms with Gasteiger partial charge in [-0.15, -0.1) is 0 Å². The van der Waals surface area contributed by atoms with E-state index in [1.807, 2.05) is 72.8 Å². The van der Waals surface area contributed by atoms with E-state index >= 15 is 0 Å². The van der Waals surface area contributed by atoms with Crippen molar-refractivity contribution in [1.82, 2.24) is 0 Å². The van der Waals surface area contributed by atoms with E-state index in [1.165, 1.54) is 0 Å². The highest BCUT2D eigenvalue weighted by Gasteiger charge is 2.17. The molecule has 124 valence electrons. The van der Waals surface area contributed by atoms with Crippen molar-refractivity contribution in [3.8, 4) is 22.6 Å². The Balaban J connectivity index is 2.02. The maximum Gasteiger partial charge on any atom is 0.335 e. The Morgan fingerprint density at radius 3 is 1.96 bits per heavy atom. The number of phenolic OH excluding ortho intramolecular Hbond substituents is 1. The maximum absolute atomic E-state index is 10.8. The molecule has 0 fully saturated rings. The summed E-state index contributed by atoms with van der Waals surface area (Å²) in [6.45, 7) is 0. The minimum Gasteiger partial charge on any atom is -0.507 e. The van der Waals surface area contributed by atoms with E-state index in [0.29, 0.717) is 16.9 Å². The van der Waals surface area contributed by atoms with Crippen LogP contribution in [0.4, 0.5) is 0 Å². The lowest BCUT2D eigenvalue weighted by Gasteiger charge is -2.16. The summed E-state index contributed by atoms with van der Waals surface area (Å²) in [6, 6.07) is 23.0. The van der Waals surface area contributed by atoms with Gasteiger partial charge >= 0.3 is 7.73 Å². The molecule has 25 heavy (non-hydrogen) atoms. The van der Waals surface area contributed by atoms with E-state index in [1.54, 1.807) is 0 Å². The number of halogens is 1. The fourth-order valence-electron chi connectivity index (χ4n) is 3.10. The van der Waals surface area contributed by atoms with Crippen LogP contribution in [0.3, 0.4) is 0 Å². The van der Waals surface area contributed by atoms with Crippen molar-refractivity contribution in [2.24, 2.45) is 0 Å². The van der Waals surface area contributed by atoms with Crippen molar-refractivity contribution in [1.29, 1.82) is 0 Å². The molecule has 0 heterocycles. The van der Waals surface area contributed by atoms with Gasteiger partial charge < -0.3 is 14.5 Å². The van der Waals surface area contributed by atoms with Crippen LogP contribution < -0.4 is 4.52 Å². The van der Waals surface area contributed by atoms with Gasteiger partial charge in [0.1, 0.15) is 11.5 Å². The third kappa shape index (κ3) is 2.91. The topological polar surface area (TPSA) is 49.7 Å². The van der Waals surface area contributed by atoms with Crippen molar-refractivity contribution in [2.75, 3.05) is 0 Å². The first-order valence-corrected chi connectivity index (χ1v) is 9.82. The predicted octanol–water partition coefficient (Wildman–Crippen LogP) is 6.20. The quantitative estimate of drug-likeness (QED) is 0.423. The van der Waals surface area contributed by atoms with Gasteiger partial charge in [0.05, 0.1) is 0 Å². The minimum absolute atomic E-state index is 0.176. The zero-order valence-corrected chi connectivity index (χ0v) is 14.7. The molecule has 0 radical (unpaired) electrons. The minimum atomic E-state index is -2.11. The summed E-state index contributed by atoms with van der Waals surface area (Å²) < 4.78 is 5.55. The lowest BCUT2D eigenvalue weighted by molar-refractivity contribution is 0.482. The van der Waals surface area contributed by atoms with Crippen LogP contribution in [0, 0.1) is 0 Å². The molecule has 0 spiro atoms. The van der Waals surface area contributed by atoms with E-state index in [-0.39, 0.29) is 5.75 Å². The summed E-state index contributed by atoms with van der Waals surface area (Å²) in [5.74, 6) is 0.641. The molecule has 5 heteroatoms. The molecule has 0 aliphatic rings. The largest absolute Gasteiger partial charge is 0.507 e.